The first-order valence-electron chi connectivity index (χ1n) is 10.3. The molecule has 5 aromatic rings. The molecule has 2 heterocycles. The summed E-state index contributed by atoms with van der Waals surface area (Å²) < 4.78 is 3.04. The molecule has 3 aromatic carbocycles. The van der Waals surface area contributed by atoms with Crippen molar-refractivity contribution in [3.05, 3.63) is 72.8 Å². The fourth-order valence-corrected chi connectivity index (χ4v) is 5.33. The van der Waals surface area contributed by atoms with Crippen molar-refractivity contribution in [3.63, 3.8) is 0 Å². The van der Waals surface area contributed by atoms with Gasteiger partial charge < -0.3 is 15.2 Å². The van der Waals surface area contributed by atoms with E-state index in [4.69, 9.17) is 0 Å². The number of amides is 1. The number of aryl methyl sites for hydroxylation is 1. The van der Waals surface area contributed by atoms with Crippen LogP contribution >= 0.6 is 23.1 Å². The molecular weight excluding hydrogens is 438 g/mol. The molecule has 2 aromatic heterocycles. The van der Waals surface area contributed by atoms with Crippen LogP contribution in [-0.4, -0.2) is 26.4 Å². The minimum Gasteiger partial charge on any atom is -0.341 e. The molecule has 0 spiro atoms. The van der Waals surface area contributed by atoms with Crippen LogP contribution in [0.5, 0.6) is 0 Å². The lowest BCUT2D eigenvalue weighted by atomic mass is 10.1. The van der Waals surface area contributed by atoms with Crippen molar-refractivity contribution in [1.29, 1.82) is 0 Å². The van der Waals surface area contributed by atoms with Gasteiger partial charge in [-0.25, -0.2) is 0 Å². The van der Waals surface area contributed by atoms with Crippen LogP contribution in [0.3, 0.4) is 0 Å². The van der Waals surface area contributed by atoms with Crippen LogP contribution < -0.4 is 10.6 Å². The van der Waals surface area contributed by atoms with Crippen molar-refractivity contribution >= 4 is 67.3 Å². The first-order valence-corrected chi connectivity index (χ1v) is 12.1. The number of carbonyl (C=O) groups excluding carboxylic acids is 1. The zero-order chi connectivity index (χ0) is 21.9. The molecule has 5 rings (SSSR count). The van der Waals surface area contributed by atoms with E-state index in [0.29, 0.717) is 5.13 Å². The number of hydrogen-bond acceptors (Lipinski definition) is 6. The van der Waals surface area contributed by atoms with Crippen molar-refractivity contribution in [3.8, 4) is 0 Å². The van der Waals surface area contributed by atoms with Crippen LogP contribution in [0, 0.1) is 0 Å². The summed E-state index contributed by atoms with van der Waals surface area (Å²) in [5.74, 6) is 0.204. The molecule has 6 nitrogen and oxygen atoms in total. The van der Waals surface area contributed by atoms with Gasteiger partial charge >= 0.3 is 0 Å². The molecule has 0 radical (unpaired) electrons. The fraction of sp³-hybridized carbons (Fsp3) is 0.125. The molecule has 0 aliphatic heterocycles. The SMILES string of the molecule is CCn1c2ccccc2c2cc(NC(=O)CSc3nnc(Nc4ccccc4)s3)ccc21. The van der Waals surface area contributed by atoms with E-state index in [1.807, 2.05) is 42.5 Å². The molecule has 8 heteroatoms. The van der Waals surface area contributed by atoms with Crippen molar-refractivity contribution < 1.29 is 4.79 Å². The van der Waals surface area contributed by atoms with Gasteiger partial charge in [0.05, 0.1) is 5.75 Å². The Morgan fingerprint density at radius 2 is 1.72 bits per heavy atom. The summed E-state index contributed by atoms with van der Waals surface area (Å²) in [4.78, 5) is 12.5. The molecule has 0 aliphatic carbocycles. The molecule has 0 saturated carbocycles. The first-order chi connectivity index (χ1) is 15.7. The summed E-state index contributed by atoms with van der Waals surface area (Å²) in [6.07, 6.45) is 0. The number of carbonyl (C=O) groups is 1. The highest BCUT2D eigenvalue weighted by atomic mass is 32.2. The van der Waals surface area contributed by atoms with Crippen LogP contribution in [-0.2, 0) is 11.3 Å². The second kappa shape index (κ2) is 9.02. The molecule has 0 atom stereocenters. The minimum absolute atomic E-state index is 0.0682. The van der Waals surface area contributed by atoms with Gasteiger partial charge in [0.25, 0.3) is 0 Å². The molecule has 32 heavy (non-hydrogen) atoms. The van der Waals surface area contributed by atoms with Gasteiger partial charge in [-0.3, -0.25) is 4.79 Å². The molecule has 0 fully saturated rings. The van der Waals surface area contributed by atoms with Crippen molar-refractivity contribution in [2.24, 2.45) is 0 Å². The predicted molar refractivity (Wildman–Crippen MR) is 134 cm³/mol. The van der Waals surface area contributed by atoms with E-state index >= 15 is 0 Å². The Hall–Kier alpha value is -3.36. The number of aromatic nitrogens is 3. The number of anilines is 3. The van der Waals surface area contributed by atoms with Crippen LogP contribution in [0.25, 0.3) is 21.8 Å². The van der Waals surface area contributed by atoms with E-state index in [9.17, 15) is 4.79 Å². The van der Waals surface area contributed by atoms with Crippen LogP contribution in [0.4, 0.5) is 16.5 Å². The average molecular weight is 460 g/mol. The topological polar surface area (TPSA) is 71.8 Å². The van der Waals surface area contributed by atoms with Gasteiger partial charge in [0.1, 0.15) is 0 Å². The lowest BCUT2D eigenvalue weighted by Gasteiger charge is -2.06. The zero-order valence-electron chi connectivity index (χ0n) is 17.4. The van der Waals surface area contributed by atoms with E-state index < -0.39 is 0 Å². The molecule has 0 bridgehead atoms. The van der Waals surface area contributed by atoms with Crippen molar-refractivity contribution in [2.75, 3.05) is 16.4 Å². The number of benzene rings is 3. The summed E-state index contributed by atoms with van der Waals surface area (Å²) in [6.45, 7) is 3.04. The quantitative estimate of drug-likeness (QED) is 0.286. The molecule has 0 aliphatic rings. The number of hydrogen-bond donors (Lipinski definition) is 2. The third-order valence-corrected chi connectivity index (χ3v) is 7.10. The highest BCUT2D eigenvalue weighted by molar-refractivity contribution is 8.01. The molecule has 160 valence electrons. The highest BCUT2D eigenvalue weighted by Gasteiger charge is 2.12. The van der Waals surface area contributed by atoms with E-state index in [-0.39, 0.29) is 11.7 Å². The van der Waals surface area contributed by atoms with Crippen LogP contribution in [0.2, 0.25) is 0 Å². The summed E-state index contributed by atoms with van der Waals surface area (Å²) in [5, 5.41) is 17.6. The number of nitrogens with zero attached hydrogens (tertiary/aromatic N) is 3. The Labute approximate surface area is 193 Å². The second-order valence-corrected chi connectivity index (χ2v) is 9.39. The van der Waals surface area contributed by atoms with Gasteiger partial charge in [-0.05, 0) is 43.3 Å². The lowest BCUT2D eigenvalue weighted by molar-refractivity contribution is -0.113. The van der Waals surface area contributed by atoms with Crippen LogP contribution in [0.1, 0.15) is 6.92 Å². The number of thioether (sulfide) groups is 1. The standard InChI is InChI=1S/C24H21N5OS2/c1-2-29-20-11-7-6-10-18(20)19-14-17(12-13-21(19)29)25-22(30)15-31-24-28-27-23(32-24)26-16-8-4-3-5-9-16/h3-14H,2,15H2,1H3,(H,25,30)(H,26,27). The van der Waals surface area contributed by atoms with Gasteiger partial charge in [0.2, 0.25) is 11.0 Å². The summed E-state index contributed by atoms with van der Waals surface area (Å²) in [5.41, 5.74) is 4.14. The molecule has 0 unspecified atom stereocenters. The van der Waals surface area contributed by atoms with E-state index in [2.05, 4.69) is 62.7 Å². The summed E-state index contributed by atoms with van der Waals surface area (Å²) >= 11 is 2.81. The highest BCUT2D eigenvalue weighted by Crippen LogP contribution is 2.31. The monoisotopic (exact) mass is 459 g/mol. The van der Waals surface area contributed by atoms with Crippen molar-refractivity contribution in [2.45, 2.75) is 17.8 Å². The lowest BCUT2D eigenvalue weighted by Crippen LogP contribution is -2.13. The Morgan fingerprint density at radius 3 is 2.56 bits per heavy atom. The Morgan fingerprint density at radius 1 is 0.938 bits per heavy atom. The normalized spacial score (nSPS) is 11.2. The number of rotatable bonds is 7. The number of nitrogens with one attached hydrogen (secondary N) is 2. The van der Waals surface area contributed by atoms with Crippen LogP contribution in [0.15, 0.2) is 77.1 Å². The Kier molecular flexibility index (Phi) is 5.79. The number of fused-ring (bicyclic) bond motifs is 3. The van der Waals surface area contributed by atoms with Gasteiger partial charge in [-0.2, -0.15) is 0 Å². The van der Waals surface area contributed by atoms with E-state index in [1.165, 1.54) is 39.5 Å². The second-order valence-electron chi connectivity index (χ2n) is 7.19. The Balaban J connectivity index is 1.25. The maximum atomic E-state index is 12.5. The molecule has 2 N–H and O–H groups in total. The minimum atomic E-state index is -0.0682. The summed E-state index contributed by atoms with van der Waals surface area (Å²) in [6, 6.07) is 24.3. The van der Waals surface area contributed by atoms with E-state index in [1.54, 1.807) is 0 Å². The van der Waals surface area contributed by atoms with Gasteiger partial charge in [-0.1, -0.05) is 59.5 Å². The van der Waals surface area contributed by atoms with E-state index in [0.717, 1.165) is 27.6 Å². The first kappa shape index (κ1) is 20.5. The van der Waals surface area contributed by atoms with Gasteiger partial charge in [0, 0.05) is 39.7 Å². The predicted octanol–water partition coefficient (Wildman–Crippen LogP) is 6.14. The van der Waals surface area contributed by atoms with Gasteiger partial charge in [0.15, 0.2) is 4.34 Å². The third kappa shape index (κ3) is 4.19. The summed E-state index contributed by atoms with van der Waals surface area (Å²) in [7, 11) is 0. The van der Waals surface area contributed by atoms with Crippen molar-refractivity contribution in [1.82, 2.24) is 14.8 Å². The largest absolute Gasteiger partial charge is 0.341 e. The third-order valence-electron chi connectivity index (χ3n) is 5.13. The number of para-hydroxylation sites is 2. The van der Waals surface area contributed by atoms with Gasteiger partial charge in [-0.15, -0.1) is 10.2 Å². The maximum Gasteiger partial charge on any atom is 0.234 e. The zero-order valence-corrected chi connectivity index (χ0v) is 19.0. The molecule has 0 saturated heterocycles. The maximum absolute atomic E-state index is 12.5. The fourth-order valence-electron chi connectivity index (χ4n) is 3.76. The molecule has 1 amide bonds. The molecular formula is C24H21N5OS2. The Bertz CT molecular complexity index is 1390. The smallest absolute Gasteiger partial charge is 0.234 e. The average Bonchev–Trinajstić information content (AvgIpc) is 3.40.